The lowest BCUT2D eigenvalue weighted by Gasteiger charge is -2.43. The summed E-state index contributed by atoms with van der Waals surface area (Å²) < 4.78 is 123. The van der Waals surface area contributed by atoms with Gasteiger partial charge in [-0.1, -0.05) is 58.3 Å². The van der Waals surface area contributed by atoms with E-state index in [0.29, 0.717) is 13.0 Å². The van der Waals surface area contributed by atoms with Crippen molar-refractivity contribution >= 4 is 10.2 Å². The van der Waals surface area contributed by atoms with Gasteiger partial charge in [-0.2, -0.15) is 0 Å². The fourth-order valence-corrected chi connectivity index (χ4v) is 4.47. The minimum absolute atomic E-state index is 0.0434. The Labute approximate surface area is 152 Å². The molecule has 0 nitrogen and oxygen atoms in total. The van der Waals surface area contributed by atoms with Crippen LogP contribution in [0.15, 0.2) is 17.0 Å². The van der Waals surface area contributed by atoms with Gasteiger partial charge in [-0.05, 0) is 23.6 Å². The van der Waals surface area contributed by atoms with Crippen molar-refractivity contribution in [3.63, 3.8) is 0 Å². The SMILES string of the molecule is CCCC(F)(F)Cc1ccc(CC(F)(F)CCC)c(S(F)(F)(F)(F)F)c1C. The van der Waals surface area contributed by atoms with Crippen molar-refractivity contribution in [1.29, 1.82) is 0 Å². The molecule has 0 aromatic heterocycles. The molecule has 1 aromatic rings. The Morgan fingerprint density at radius 3 is 1.48 bits per heavy atom. The van der Waals surface area contributed by atoms with Crippen LogP contribution in [0.5, 0.6) is 0 Å². The number of rotatable bonds is 9. The summed E-state index contributed by atoms with van der Waals surface area (Å²) in [5.74, 6) is -7.01. The number of halogens is 9. The lowest BCUT2D eigenvalue weighted by molar-refractivity contribution is -0.00989. The van der Waals surface area contributed by atoms with Gasteiger partial charge < -0.3 is 0 Å². The van der Waals surface area contributed by atoms with Crippen molar-refractivity contribution in [2.45, 2.75) is 76.0 Å². The van der Waals surface area contributed by atoms with Gasteiger partial charge in [0.2, 0.25) is 0 Å². The smallest absolute Gasteiger partial charge is 0.207 e. The van der Waals surface area contributed by atoms with Gasteiger partial charge in [-0.3, -0.25) is 0 Å². The molecule has 0 heterocycles. The summed E-state index contributed by atoms with van der Waals surface area (Å²) in [6, 6.07) is 1.28. The zero-order valence-electron chi connectivity index (χ0n) is 15.2. The van der Waals surface area contributed by atoms with Crippen LogP contribution in [0.25, 0.3) is 0 Å². The summed E-state index contributed by atoms with van der Waals surface area (Å²) in [4.78, 5) is -2.46. The van der Waals surface area contributed by atoms with Crippen LogP contribution in [0.1, 0.15) is 56.2 Å². The largest absolute Gasteiger partial charge is 0.310 e. The van der Waals surface area contributed by atoms with Gasteiger partial charge in [-0.15, -0.1) is 0 Å². The summed E-state index contributed by atoms with van der Waals surface area (Å²) in [7, 11) is -10.4. The van der Waals surface area contributed by atoms with E-state index in [1.165, 1.54) is 13.8 Å². The molecule has 10 heteroatoms. The highest BCUT2D eigenvalue weighted by atomic mass is 32.5. The van der Waals surface area contributed by atoms with E-state index in [0.717, 1.165) is 6.07 Å². The van der Waals surface area contributed by atoms with Gasteiger partial charge in [0.25, 0.3) is 11.8 Å². The van der Waals surface area contributed by atoms with Crippen molar-refractivity contribution < 1.29 is 37.0 Å². The van der Waals surface area contributed by atoms with E-state index < -0.39 is 69.3 Å². The molecule has 0 unspecified atom stereocenters. The Morgan fingerprint density at radius 2 is 1.11 bits per heavy atom. The highest BCUT2D eigenvalue weighted by Gasteiger charge is 2.67. The van der Waals surface area contributed by atoms with Gasteiger partial charge in [0.1, 0.15) is 4.90 Å². The number of hydrogen-bond donors (Lipinski definition) is 0. The van der Waals surface area contributed by atoms with Gasteiger partial charge >= 0.3 is 10.2 Å². The molecular formula is C17H23F9S. The van der Waals surface area contributed by atoms with Crippen molar-refractivity contribution in [1.82, 2.24) is 0 Å². The van der Waals surface area contributed by atoms with Crippen LogP contribution in [-0.4, -0.2) is 11.8 Å². The fourth-order valence-electron chi connectivity index (χ4n) is 3.12. The molecule has 0 N–H and O–H groups in total. The third kappa shape index (κ3) is 6.80. The average molecular weight is 430 g/mol. The van der Waals surface area contributed by atoms with E-state index >= 15 is 0 Å². The van der Waals surface area contributed by atoms with E-state index in [1.54, 1.807) is 0 Å². The van der Waals surface area contributed by atoms with Crippen LogP contribution in [0.4, 0.5) is 37.0 Å². The standard InChI is InChI=1S/C17H23F9S/c1-4-8-16(18,19)10-13-6-7-14(11-17(20,21)9-5-2)15(12(13)3)27(22,23,24,25)26/h6-7H,4-5,8-11H2,1-3H3. The lowest BCUT2D eigenvalue weighted by atomic mass is 9.95. The third-order valence-corrected chi connectivity index (χ3v) is 5.45. The molecule has 0 aliphatic carbocycles. The predicted molar refractivity (Wildman–Crippen MR) is 89.7 cm³/mol. The lowest BCUT2D eigenvalue weighted by Crippen LogP contribution is -2.24. The van der Waals surface area contributed by atoms with Crippen LogP contribution in [0.2, 0.25) is 0 Å². The highest BCUT2D eigenvalue weighted by Crippen LogP contribution is 3.02. The van der Waals surface area contributed by atoms with Gasteiger partial charge in [0.05, 0.1) is 0 Å². The molecule has 0 spiro atoms. The van der Waals surface area contributed by atoms with Gasteiger partial charge in [-0.25, -0.2) is 17.6 Å². The molecule has 1 rings (SSSR count). The maximum absolute atomic E-state index is 13.8. The van der Waals surface area contributed by atoms with Crippen LogP contribution in [0.3, 0.4) is 0 Å². The number of hydrogen-bond acceptors (Lipinski definition) is 0. The molecule has 0 aliphatic heterocycles. The second-order valence-corrected chi connectivity index (χ2v) is 9.22. The molecule has 0 radical (unpaired) electrons. The van der Waals surface area contributed by atoms with Crippen molar-refractivity contribution in [3.8, 4) is 0 Å². The second kappa shape index (κ2) is 6.77. The van der Waals surface area contributed by atoms with Crippen LogP contribution < -0.4 is 0 Å². The van der Waals surface area contributed by atoms with Crippen molar-refractivity contribution in [3.05, 3.63) is 28.8 Å². The molecule has 27 heavy (non-hydrogen) atoms. The Bertz CT molecular complexity index is 678. The Balaban J connectivity index is 3.59. The highest BCUT2D eigenvalue weighted by molar-refractivity contribution is 8.45. The second-order valence-electron chi connectivity index (χ2n) is 6.87. The molecule has 0 saturated carbocycles. The van der Waals surface area contributed by atoms with Crippen LogP contribution >= 0.6 is 10.2 Å². The maximum atomic E-state index is 13.8. The van der Waals surface area contributed by atoms with Gasteiger partial charge in [0.15, 0.2) is 0 Å². The Morgan fingerprint density at radius 1 is 0.741 bits per heavy atom. The third-order valence-electron chi connectivity index (χ3n) is 4.12. The quantitative estimate of drug-likeness (QED) is 0.344. The normalized spacial score (nSPS) is 16.1. The summed E-state index contributed by atoms with van der Waals surface area (Å²) in [5, 5.41) is 0. The van der Waals surface area contributed by atoms with E-state index in [1.807, 2.05) is 0 Å². The summed E-state index contributed by atoms with van der Waals surface area (Å²) in [6.45, 7) is 3.45. The van der Waals surface area contributed by atoms with E-state index in [2.05, 4.69) is 0 Å². The Hall–Kier alpha value is -1.06. The molecular weight excluding hydrogens is 407 g/mol. The topological polar surface area (TPSA) is 0 Å². The van der Waals surface area contributed by atoms with Gasteiger partial charge in [0, 0.05) is 25.7 Å². The summed E-state index contributed by atoms with van der Waals surface area (Å²) >= 11 is 0. The van der Waals surface area contributed by atoms with Crippen LogP contribution in [-0.2, 0) is 12.8 Å². The zero-order valence-corrected chi connectivity index (χ0v) is 16.0. The molecule has 0 aliphatic rings. The average Bonchev–Trinajstić information content (AvgIpc) is 2.38. The monoisotopic (exact) mass is 430 g/mol. The molecule has 0 atom stereocenters. The summed E-state index contributed by atoms with van der Waals surface area (Å²) in [5.41, 5.74) is -3.01. The first-order chi connectivity index (χ1) is 11.8. The molecule has 160 valence electrons. The molecule has 0 fully saturated rings. The summed E-state index contributed by atoms with van der Waals surface area (Å²) in [6.07, 6.45) is -4.12. The maximum Gasteiger partial charge on any atom is 0.310 e. The van der Waals surface area contributed by atoms with E-state index in [9.17, 15) is 37.0 Å². The molecule has 1 aromatic carbocycles. The minimum atomic E-state index is -10.4. The predicted octanol–water partition coefficient (Wildman–Crippen LogP) is 8.61. The van der Waals surface area contributed by atoms with Crippen LogP contribution in [0, 0.1) is 6.92 Å². The first-order valence-corrected chi connectivity index (χ1v) is 10.4. The van der Waals surface area contributed by atoms with Crippen molar-refractivity contribution in [2.24, 2.45) is 0 Å². The van der Waals surface area contributed by atoms with E-state index in [4.69, 9.17) is 0 Å². The minimum Gasteiger partial charge on any atom is -0.207 e. The van der Waals surface area contributed by atoms with Crippen molar-refractivity contribution in [2.75, 3.05) is 0 Å². The number of benzene rings is 1. The fraction of sp³-hybridized carbons (Fsp3) is 0.647. The molecule has 0 amide bonds. The zero-order chi connectivity index (χ0) is 21.4. The van der Waals surface area contributed by atoms with E-state index in [-0.39, 0.29) is 12.8 Å². The molecule has 0 saturated heterocycles. The first kappa shape index (κ1) is 24.0. The Kier molecular flexibility index (Phi) is 6.01. The first-order valence-electron chi connectivity index (χ1n) is 8.43. The molecule has 0 bridgehead atoms. The number of alkyl halides is 4.